The molecule has 0 saturated carbocycles. The van der Waals surface area contributed by atoms with Crippen LogP contribution in [0.2, 0.25) is 0 Å². The molecule has 5 nitrogen and oxygen atoms in total. The summed E-state index contributed by atoms with van der Waals surface area (Å²) in [5, 5.41) is 0. The van der Waals surface area contributed by atoms with Crippen LogP contribution in [-0.4, -0.2) is 9.55 Å². The molecule has 0 aromatic carbocycles. The highest BCUT2D eigenvalue weighted by atomic mass is 16.2. The average Bonchev–Trinajstić information content (AvgIpc) is 1.94. The van der Waals surface area contributed by atoms with E-state index in [2.05, 4.69) is 4.98 Å². The number of nitrogens with two attached hydrogens (primary N) is 1. The van der Waals surface area contributed by atoms with Crippen molar-refractivity contribution in [2.75, 3.05) is 5.73 Å². The summed E-state index contributed by atoms with van der Waals surface area (Å²) in [6, 6.07) is 0. The number of nitrogen functional groups attached to an aromatic ring is 1. The fourth-order valence-electron chi connectivity index (χ4n) is 0.984. The van der Waals surface area contributed by atoms with E-state index in [0.717, 1.165) is 0 Å². The first-order chi connectivity index (χ1) is 5.82. The lowest BCUT2D eigenvalue weighted by Crippen LogP contribution is -2.39. The second kappa shape index (κ2) is 2.76. The summed E-state index contributed by atoms with van der Waals surface area (Å²) in [7, 11) is 0. The summed E-state index contributed by atoms with van der Waals surface area (Å²) < 4.78 is 1.39. The maximum atomic E-state index is 11.3. The number of nitrogens with zero attached hydrogens (tertiary/aromatic N) is 1. The first kappa shape index (κ1) is 9.57. The third-order valence-corrected chi connectivity index (χ3v) is 1.69. The van der Waals surface area contributed by atoms with Crippen LogP contribution in [0.4, 0.5) is 5.69 Å². The quantitative estimate of drug-likeness (QED) is 0.588. The Hall–Kier alpha value is -1.52. The number of nitrogens with one attached hydrogen (secondary N) is 1. The number of hydrogen-bond acceptors (Lipinski definition) is 3. The van der Waals surface area contributed by atoms with Gasteiger partial charge in [-0.3, -0.25) is 14.3 Å². The van der Waals surface area contributed by atoms with Gasteiger partial charge in [0.2, 0.25) is 0 Å². The van der Waals surface area contributed by atoms with E-state index >= 15 is 0 Å². The third-order valence-electron chi connectivity index (χ3n) is 1.69. The van der Waals surface area contributed by atoms with Crippen LogP contribution in [-0.2, 0) is 5.54 Å². The highest BCUT2D eigenvalue weighted by Crippen LogP contribution is 2.09. The van der Waals surface area contributed by atoms with Crippen molar-refractivity contribution in [2.45, 2.75) is 26.3 Å². The van der Waals surface area contributed by atoms with Crippen molar-refractivity contribution in [3.05, 3.63) is 27.0 Å². The lowest BCUT2D eigenvalue weighted by molar-refractivity contribution is 0.377. The summed E-state index contributed by atoms with van der Waals surface area (Å²) in [4.78, 5) is 24.4. The molecule has 13 heavy (non-hydrogen) atoms. The van der Waals surface area contributed by atoms with Gasteiger partial charge in [-0.05, 0) is 20.8 Å². The van der Waals surface area contributed by atoms with Crippen LogP contribution in [0.15, 0.2) is 15.8 Å². The van der Waals surface area contributed by atoms with Crippen LogP contribution in [0.3, 0.4) is 0 Å². The molecule has 1 aromatic heterocycles. The van der Waals surface area contributed by atoms with Crippen LogP contribution in [0.25, 0.3) is 0 Å². The molecule has 3 N–H and O–H groups in total. The van der Waals surface area contributed by atoms with Gasteiger partial charge in [0, 0.05) is 11.7 Å². The summed E-state index contributed by atoms with van der Waals surface area (Å²) in [5.41, 5.74) is 4.08. The second-order valence-electron chi connectivity index (χ2n) is 3.88. The Morgan fingerprint density at radius 1 is 1.38 bits per heavy atom. The molecule has 0 aliphatic rings. The Morgan fingerprint density at radius 3 is 2.38 bits per heavy atom. The van der Waals surface area contributed by atoms with Crippen molar-refractivity contribution in [1.82, 2.24) is 9.55 Å². The molecule has 0 amide bonds. The van der Waals surface area contributed by atoms with Gasteiger partial charge in [0.25, 0.3) is 5.56 Å². The molecule has 0 atom stereocenters. The minimum absolute atomic E-state index is 0.0505. The zero-order chi connectivity index (χ0) is 10.2. The fourth-order valence-corrected chi connectivity index (χ4v) is 0.984. The molecule has 0 bridgehead atoms. The van der Waals surface area contributed by atoms with Crippen LogP contribution >= 0.6 is 0 Å². The van der Waals surface area contributed by atoms with Gasteiger partial charge in [0.15, 0.2) is 0 Å². The van der Waals surface area contributed by atoms with E-state index in [9.17, 15) is 9.59 Å². The number of rotatable bonds is 0. The molecule has 1 heterocycles. The van der Waals surface area contributed by atoms with Crippen molar-refractivity contribution in [2.24, 2.45) is 0 Å². The van der Waals surface area contributed by atoms with Crippen LogP contribution in [0.5, 0.6) is 0 Å². The van der Waals surface area contributed by atoms with Crippen molar-refractivity contribution < 1.29 is 0 Å². The highest BCUT2D eigenvalue weighted by Gasteiger charge is 2.15. The topological polar surface area (TPSA) is 80.9 Å². The van der Waals surface area contributed by atoms with Crippen LogP contribution in [0, 0.1) is 0 Å². The van der Waals surface area contributed by atoms with Gasteiger partial charge >= 0.3 is 5.69 Å². The van der Waals surface area contributed by atoms with Gasteiger partial charge in [0.05, 0.1) is 0 Å². The maximum absolute atomic E-state index is 11.3. The molecule has 0 radical (unpaired) electrons. The molecule has 0 fully saturated rings. The van der Waals surface area contributed by atoms with Crippen molar-refractivity contribution in [1.29, 1.82) is 0 Å². The minimum atomic E-state index is -0.537. The van der Waals surface area contributed by atoms with E-state index in [1.807, 2.05) is 20.8 Å². The Bertz CT molecular complexity index is 422. The average molecular weight is 183 g/mol. The van der Waals surface area contributed by atoms with Gasteiger partial charge in [-0.25, -0.2) is 4.79 Å². The standard InChI is InChI=1S/C8H13N3O2/c1-8(2,3)11-4-5(9)6(12)10-7(11)13/h4H,9H2,1-3H3,(H,10,12,13). The molecule has 5 heteroatoms. The molecular weight excluding hydrogens is 170 g/mol. The monoisotopic (exact) mass is 183 g/mol. The number of anilines is 1. The molecule has 0 saturated heterocycles. The Labute approximate surface area is 75.2 Å². The third kappa shape index (κ3) is 1.80. The molecule has 1 rings (SSSR count). The van der Waals surface area contributed by atoms with Gasteiger partial charge in [0.1, 0.15) is 5.69 Å². The normalized spacial score (nSPS) is 11.6. The highest BCUT2D eigenvalue weighted by molar-refractivity contribution is 5.30. The van der Waals surface area contributed by atoms with Gasteiger partial charge in [-0.2, -0.15) is 0 Å². The summed E-state index contributed by atoms with van der Waals surface area (Å²) in [5.74, 6) is 0. The first-order valence-electron chi connectivity index (χ1n) is 3.94. The van der Waals surface area contributed by atoms with Crippen molar-refractivity contribution in [3.63, 3.8) is 0 Å². The molecule has 0 unspecified atom stereocenters. The maximum Gasteiger partial charge on any atom is 0.328 e. The first-order valence-corrected chi connectivity index (χ1v) is 3.94. The largest absolute Gasteiger partial charge is 0.393 e. The molecule has 0 spiro atoms. The van der Waals surface area contributed by atoms with Gasteiger partial charge in [-0.1, -0.05) is 0 Å². The number of aromatic nitrogens is 2. The molecule has 0 aliphatic carbocycles. The SMILES string of the molecule is CC(C)(C)n1cc(N)c(=O)[nH]c1=O. The Kier molecular flexibility index (Phi) is 2.03. The lowest BCUT2D eigenvalue weighted by atomic mass is 10.1. The summed E-state index contributed by atoms with van der Waals surface area (Å²) in [6.07, 6.45) is 1.36. The van der Waals surface area contributed by atoms with Gasteiger partial charge < -0.3 is 5.73 Å². The van der Waals surface area contributed by atoms with Crippen molar-refractivity contribution in [3.8, 4) is 0 Å². The molecular formula is C8H13N3O2. The number of hydrogen-bond donors (Lipinski definition) is 2. The van der Waals surface area contributed by atoms with Crippen LogP contribution in [0.1, 0.15) is 20.8 Å². The zero-order valence-corrected chi connectivity index (χ0v) is 7.92. The molecule has 1 aromatic rings. The predicted molar refractivity (Wildman–Crippen MR) is 50.7 cm³/mol. The predicted octanol–water partition coefficient (Wildman–Crippen LogP) is -0.126. The Morgan fingerprint density at radius 2 is 1.92 bits per heavy atom. The van der Waals surface area contributed by atoms with E-state index in [1.54, 1.807) is 0 Å². The van der Waals surface area contributed by atoms with E-state index < -0.39 is 11.2 Å². The van der Waals surface area contributed by atoms with E-state index in [-0.39, 0.29) is 11.2 Å². The number of aromatic amines is 1. The second-order valence-corrected chi connectivity index (χ2v) is 3.88. The molecule has 72 valence electrons. The van der Waals surface area contributed by atoms with E-state index in [1.165, 1.54) is 10.8 Å². The number of H-pyrrole nitrogens is 1. The lowest BCUT2D eigenvalue weighted by Gasteiger charge is -2.21. The van der Waals surface area contributed by atoms with E-state index in [4.69, 9.17) is 5.73 Å². The Balaban J connectivity index is 3.51. The summed E-state index contributed by atoms with van der Waals surface area (Å²) >= 11 is 0. The summed E-state index contributed by atoms with van der Waals surface area (Å²) in [6.45, 7) is 5.56. The smallest absolute Gasteiger partial charge is 0.328 e. The zero-order valence-electron chi connectivity index (χ0n) is 7.92. The van der Waals surface area contributed by atoms with E-state index in [0.29, 0.717) is 0 Å². The van der Waals surface area contributed by atoms with Gasteiger partial charge in [-0.15, -0.1) is 0 Å². The minimum Gasteiger partial charge on any atom is -0.393 e. The van der Waals surface area contributed by atoms with Crippen LogP contribution < -0.4 is 17.0 Å². The fraction of sp³-hybridized carbons (Fsp3) is 0.500. The van der Waals surface area contributed by atoms with Crippen molar-refractivity contribution >= 4 is 5.69 Å². The molecule has 0 aliphatic heterocycles.